The third kappa shape index (κ3) is 3.37. The van der Waals surface area contributed by atoms with Crippen molar-refractivity contribution < 1.29 is 4.42 Å². The van der Waals surface area contributed by atoms with Crippen molar-refractivity contribution in [2.24, 2.45) is 0 Å². The minimum absolute atomic E-state index is 0.155. The fourth-order valence-corrected chi connectivity index (χ4v) is 2.31. The van der Waals surface area contributed by atoms with Crippen LogP contribution in [-0.4, -0.2) is 0 Å². The van der Waals surface area contributed by atoms with Crippen LogP contribution < -0.4 is 5.32 Å². The molecule has 1 heterocycles. The first-order chi connectivity index (χ1) is 8.56. The van der Waals surface area contributed by atoms with Gasteiger partial charge in [0.05, 0.1) is 6.04 Å². The third-order valence-corrected chi connectivity index (χ3v) is 3.57. The molecule has 1 unspecified atom stereocenters. The summed E-state index contributed by atoms with van der Waals surface area (Å²) in [6.45, 7) is 4.20. The van der Waals surface area contributed by atoms with Crippen molar-refractivity contribution in [1.82, 2.24) is 5.32 Å². The van der Waals surface area contributed by atoms with Crippen LogP contribution in [0.25, 0.3) is 0 Å². The zero-order valence-corrected chi connectivity index (χ0v) is 12.6. The van der Waals surface area contributed by atoms with Gasteiger partial charge in [-0.2, -0.15) is 0 Å². The molecule has 0 fully saturated rings. The van der Waals surface area contributed by atoms with Crippen LogP contribution in [0.1, 0.15) is 37.3 Å². The van der Waals surface area contributed by atoms with Crippen molar-refractivity contribution in [1.29, 1.82) is 0 Å². The maximum atomic E-state index is 5.88. The zero-order chi connectivity index (χ0) is 13.1. The van der Waals surface area contributed by atoms with Crippen molar-refractivity contribution in [3.8, 4) is 0 Å². The molecule has 1 aromatic heterocycles. The van der Waals surface area contributed by atoms with Gasteiger partial charge in [-0.3, -0.25) is 0 Å². The number of rotatable bonds is 4. The lowest BCUT2D eigenvalue weighted by molar-refractivity contribution is 0.394. The van der Waals surface area contributed by atoms with Crippen LogP contribution in [-0.2, 0) is 0 Å². The smallest absolute Gasteiger partial charge is 0.169 e. The van der Waals surface area contributed by atoms with Crippen LogP contribution in [0.15, 0.2) is 45.5 Å². The van der Waals surface area contributed by atoms with Gasteiger partial charge in [0.25, 0.3) is 0 Å². The molecule has 0 aliphatic carbocycles. The van der Waals surface area contributed by atoms with E-state index in [9.17, 15) is 0 Å². The Balaban J connectivity index is 2.02. The van der Waals surface area contributed by atoms with Gasteiger partial charge in [-0.25, -0.2) is 0 Å². The molecule has 0 saturated carbocycles. The highest BCUT2D eigenvalue weighted by molar-refractivity contribution is 9.10. The standard InChI is InChI=1S/C14H15BrClNO/c1-9(11-3-5-12(16)6-4-11)17-10(2)13-7-8-14(15)18-13/h3-10,17H,1-2H3/t9-,10?/m0/s1. The van der Waals surface area contributed by atoms with Gasteiger partial charge in [0, 0.05) is 11.1 Å². The van der Waals surface area contributed by atoms with Gasteiger partial charge in [0.15, 0.2) is 4.67 Å². The Labute approximate surface area is 120 Å². The predicted molar refractivity (Wildman–Crippen MR) is 77.8 cm³/mol. The van der Waals surface area contributed by atoms with Crippen molar-refractivity contribution >= 4 is 27.5 Å². The van der Waals surface area contributed by atoms with E-state index in [1.54, 1.807) is 0 Å². The summed E-state index contributed by atoms with van der Waals surface area (Å²) in [4.78, 5) is 0. The highest BCUT2D eigenvalue weighted by Gasteiger charge is 2.13. The second-order valence-corrected chi connectivity index (χ2v) is 5.52. The maximum absolute atomic E-state index is 5.88. The van der Waals surface area contributed by atoms with Crippen LogP contribution >= 0.6 is 27.5 Å². The van der Waals surface area contributed by atoms with Gasteiger partial charge in [-0.05, 0) is 59.6 Å². The summed E-state index contributed by atoms with van der Waals surface area (Å²) in [5.41, 5.74) is 1.21. The molecule has 0 amide bonds. The Morgan fingerprint density at radius 2 is 1.72 bits per heavy atom. The molecule has 1 N–H and O–H groups in total. The van der Waals surface area contributed by atoms with Crippen molar-refractivity contribution in [3.63, 3.8) is 0 Å². The van der Waals surface area contributed by atoms with Gasteiger partial charge in [0.2, 0.25) is 0 Å². The van der Waals surface area contributed by atoms with E-state index in [-0.39, 0.29) is 12.1 Å². The lowest BCUT2D eigenvalue weighted by Crippen LogP contribution is -2.22. The van der Waals surface area contributed by atoms with E-state index in [2.05, 4.69) is 35.1 Å². The Hall–Kier alpha value is -0.770. The van der Waals surface area contributed by atoms with Gasteiger partial charge in [-0.1, -0.05) is 23.7 Å². The largest absolute Gasteiger partial charge is 0.453 e. The fourth-order valence-electron chi connectivity index (χ4n) is 1.87. The first kappa shape index (κ1) is 13.7. The van der Waals surface area contributed by atoms with E-state index < -0.39 is 0 Å². The minimum Gasteiger partial charge on any atom is -0.453 e. The van der Waals surface area contributed by atoms with Crippen LogP contribution in [0.4, 0.5) is 0 Å². The molecule has 4 heteroatoms. The average molecular weight is 329 g/mol. The first-order valence-electron chi connectivity index (χ1n) is 5.83. The topological polar surface area (TPSA) is 25.2 Å². The van der Waals surface area contributed by atoms with Crippen LogP contribution in [0, 0.1) is 0 Å². The molecule has 2 nitrogen and oxygen atoms in total. The summed E-state index contributed by atoms with van der Waals surface area (Å²) in [6, 6.07) is 12.1. The van der Waals surface area contributed by atoms with Crippen molar-refractivity contribution in [3.05, 3.63) is 57.4 Å². The van der Waals surface area contributed by atoms with E-state index in [1.807, 2.05) is 36.4 Å². The van der Waals surface area contributed by atoms with Crippen molar-refractivity contribution in [2.75, 3.05) is 0 Å². The number of hydrogen-bond donors (Lipinski definition) is 1. The molecule has 2 atom stereocenters. The highest BCUT2D eigenvalue weighted by Crippen LogP contribution is 2.23. The van der Waals surface area contributed by atoms with E-state index in [0.717, 1.165) is 15.5 Å². The molecule has 1 aromatic carbocycles. The monoisotopic (exact) mass is 327 g/mol. The molecule has 0 aliphatic heterocycles. The number of furan rings is 1. The molecular formula is C14H15BrClNO. The zero-order valence-electron chi connectivity index (χ0n) is 10.3. The Morgan fingerprint density at radius 1 is 1.06 bits per heavy atom. The van der Waals surface area contributed by atoms with Crippen molar-refractivity contribution in [2.45, 2.75) is 25.9 Å². The molecular weight excluding hydrogens is 314 g/mol. The number of halogens is 2. The molecule has 96 valence electrons. The van der Waals surface area contributed by atoms with E-state index >= 15 is 0 Å². The summed E-state index contributed by atoms with van der Waals surface area (Å²) in [7, 11) is 0. The summed E-state index contributed by atoms with van der Waals surface area (Å²) in [5.74, 6) is 0.919. The highest BCUT2D eigenvalue weighted by atomic mass is 79.9. The van der Waals surface area contributed by atoms with Gasteiger partial charge in [0.1, 0.15) is 5.76 Å². The van der Waals surface area contributed by atoms with E-state index in [4.69, 9.17) is 16.0 Å². The van der Waals surface area contributed by atoms with Crippen LogP contribution in [0.3, 0.4) is 0 Å². The average Bonchev–Trinajstić information content (AvgIpc) is 2.76. The molecule has 2 aromatic rings. The lowest BCUT2D eigenvalue weighted by atomic mass is 10.1. The molecule has 0 spiro atoms. The predicted octanol–water partition coefficient (Wildman–Crippen LogP) is 5.11. The second-order valence-electron chi connectivity index (χ2n) is 4.30. The van der Waals surface area contributed by atoms with E-state index in [0.29, 0.717) is 0 Å². The van der Waals surface area contributed by atoms with Gasteiger partial charge < -0.3 is 9.73 Å². The number of nitrogens with one attached hydrogen (secondary N) is 1. The molecule has 2 rings (SSSR count). The molecule has 0 bridgehead atoms. The first-order valence-corrected chi connectivity index (χ1v) is 7.00. The normalized spacial score (nSPS) is 14.4. The Morgan fingerprint density at radius 3 is 2.28 bits per heavy atom. The van der Waals surface area contributed by atoms with Gasteiger partial charge in [-0.15, -0.1) is 0 Å². The van der Waals surface area contributed by atoms with Gasteiger partial charge >= 0.3 is 0 Å². The summed E-state index contributed by atoms with van der Waals surface area (Å²) >= 11 is 9.19. The minimum atomic E-state index is 0.155. The fraction of sp³-hybridized carbons (Fsp3) is 0.286. The number of hydrogen-bond acceptors (Lipinski definition) is 2. The Kier molecular flexibility index (Phi) is 4.49. The summed E-state index contributed by atoms with van der Waals surface area (Å²) in [6.07, 6.45) is 0. The quantitative estimate of drug-likeness (QED) is 0.844. The van der Waals surface area contributed by atoms with Crippen LogP contribution in [0.2, 0.25) is 5.02 Å². The lowest BCUT2D eigenvalue weighted by Gasteiger charge is -2.19. The number of benzene rings is 1. The molecule has 0 aliphatic rings. The third-order valence-electron chi connectivity index (χ3n) is 2.89. The Bertz CT molecular complexity index is 509. The SMILES string of the molecule is CC(N[C@@H](C)c1ccc(Cl)cc1)c1ccc(Br)o1. The molecule has 0 radical (unpaired) electrons. The molecule has 0 saturated heterocycles. The summed E-state index contributed by atoms with van der Waals surface area (Å²) < 4.78 is 6.29. The van der Waals surface area contributed by atoms with E-state index in [1.165, 1.54) is 5.56 Å². The second kappa shape index (κ2) is 5.91. The maximum Gasteiger partial charge on any atom is 0.169 e. The summed E-state index contributed by atoms with van der Waals surface area (Å²) in [5, 5.41) is 4.25. The van der Waals surface area contributed by atoms with Crippen LogP contribution in [0.5, 0.6) is 0 Å². The molecule has 18 heavy (non-hydrogen) atoms.